The molecule has 1 amide bonds. The zero-order valence-electron chi connectivity index (χ0n) is 13.7. The van der Waals surface area contributed by atoms with Gasteiger partial charge >= 0.3 is 0 Å². The van der Waals surface area contributed by atoms with Gasteiger partial charge in [0.25, 0.3) is 0 Å². The van der Waals surface area contributed by atoms with Crippen LogP contribution in [0.5, 0.6) is 0 Å². The topological polar surface area (TPSA) is 69.2 Å². The first-order valence-corrected chi connectivity index (χ1v) is 7.70. The van der Waals surface area contributed by atoms with Crippen molar-refractivity contribution in [3.8, 4) is 0 Å². The van der Waals surface area contributed by atoms with E-state index >= 15 is 0 Å². The second kappa shape index (κ2) is 10.4. The molecule has 5 nitrogen and oxygen atoms in total. The summed E-state index contributed by atoms with van der Waals surface area (Å²) in [5, 5.41) is 13.2. The third-order valence-corrected chi connectivity index (χ3v) is 3.51. The highest BCUT2D eigenvalue weighted by molar-refractivity contribution is 5.91. The summed E-state index contributed by atoms with van der Waals surface area (Å²) < 4.78 is 0.908. The van der Waals surface area contributed by atoms with Gasteiger partial charge in [-0.2, -0.15) is 0 Å². The summed E-state index contributed by atoms with van der Waals surface area (Å²) in [5.41, 5.74) is 0.546. The Morgan fingerprint density at radius 2 is 1.62 bits per heavy atom. The predicted molar refractivity (Wildman–Crippen MR) is 82.4 cm³/mol. The Labute approximate surface area is 128 Å². The van der Waals surface area contributed by atoms with Crippen molar-refractivity contribution in [1.29, 1.82) is 0 Å². The van der Waals surface area contributed by atoms with E-state index in [0.29, 0.717) is 18.5 Å². The van der Waals surface area contributed by atoms with Crippen molar-refractivity contribution in [2.75, 3.05) is 33.7 Å². The van der Waals surface area contributed by atoms with Crippen molar-refractivity contribution in [2.24, 2.45) is 0 Å². The van der Waals surface area contributed by atoms with Crippen LogP contribution in [0.1, 0.15) is 45.4 Å². The molecule has 0 aromatic rings. The summed E-state index contributed by atoms with van der Waals surface area (Å²) in [5.74, 6) is -1.03. The van der Waals surface area contributed by atoms with Crippen molar-refractivity contribution in [1.82, 2.24) is 5.32 Å². The minimum absolute atomic E-state index is 0.0703. The van der Waals surface area contributed by atoms with Crippen LogP contribution in [-0.4, -0.2) is 50.1 Å². The largest absolute Gasteiger partial charge is 0.550 e. The number of carboxylic acids is 1. The highest BCUT2D eigenvalue weighted by atomic mass is 16.4. The third kappa shape index (κ3) is 12.1. The lowest BCUT2D eigenvalue weighted by molar-refractivity contribution is -0.890. The lowest BCUT2D eigenvalue weighted by Gasteiger charge is -2.30. The van der Waals surface area contributed by atoms with Crippen LogP contribution in [0.3, 0.4) is 0 Å². The molecule has 0 aliphatic carbocycles. The lowest BCUT2D eigenvalue weighted by atomic mass is 10.2. The highest BCUT2D eigenvalue weighted by Crippen LogP contribution is 2.07. The minimum atomic E-state index is -0.961. The Bertz CT molecular complexity index is 351. The molecule has 0 saturated heterocycles. The monoisotopic (exact) mass is 298 g/mol. The quantitative estimate of drug-likeness (QED) is 0.330. The van der Waals surface area contributed by atoms with E-state index < -0.39 is 5.97 Å². The number of hydrogen-bond acceptors (Lipinski definition) is 3. The van der Waals surface area contributed by atoms with Crippen LogP contribution >= 0.6 is 0 Å². The fraction of sp³-hybridized carbons (Fsp3) is 0.750. The van der Waals surface area contributed by atoms with E-state index in [2.05, 4.69) is 26.0 Å². The fourth-order valence-corrected chi connectivity index (χ4v) is 2.12. The summed E-state index contributed by atoms with van der Waals surface area (Å²) in [7, 11) is 4.34. The van der Waals surface area contributed by atoms with Crippen molar-refractivity contribution < 1.29 is 19.2 Å². The number of quaternary nitrogens is 1. The van der Waals surface area contributed by atoms with Gasteiger partial charge in [0, 0.05) is 18.1 Å². The number of nitrogens with zero attached hydrogens (tertiary/aromatic N) is 1. The highest BCUT2D eigenvalue weighted by Gasteiger charge is 2.13. The summed E-state index contributed by atoms with van der Waals surface area (Å²) in [6, 6.07) is 0. The molecule has 0 aromatic heterocycles. The standard InChI is InChI=1S/C16H30N2O3/c1-14(2)16(21)17-11-7-5-8-12-18(3,4)13-9-6-10-15(19)20/h1,5-13H2,2-4H3,(H-,17,19,20,21). The first kappa shape index (κ1) is 19.6. The number of carbonyl (C=O) groups excluding carboxylic acids is 2. The number of unbranched alkanes of at least 4 members (excludes halogenated alkanes) is 3. The van der Waals surface area contributed by atoms with Crippen molar-refractivity contribution in [2.45, 2.75) is 45.4 Å². The Balaban J connectivity index is 3.58. The first-order chi connectivity index (χ1) is 9.74. The van der Waals surface area contributed by atoms with Crippen LogP contribution in [0.25, 0.3) is 0 Å². The Morgan fingerprint density at radius 3 is 2.14 bits per heavy atom. The van der Waals surface area contributed by atoms with Gasteiger partial charge in [0.2, 0.25) is 5.91 Å². The summed E-state index contributed by atoms with van der Waals surface area (Å²) in [6.45, 7) is 8.05. The Kier molecular flexibility index (Phi) is 9.71. The van der Waals surface area contributed by atoms with Crippen LogP contribution in [0.4, 0.5) is 0 Å². The molecule has 0 aliphatic rings. The number of carbonyl (C=O) groups is 2. The van der Waals surface area contributed by atoms with Crippen molar-refractivity contribution in [3.63, 3.8) is 0 Å². The molecule has 21 heavy (non-hydrogen) atoms. The van der Waals surface area contributed by atoms with Crippen LogP contribution in [0.15, 0.2) is 12.2 Å². The minimum Gasteiger partial charge on any atom is -0.550 e. The zero-order chi connectivity index (χ0) is 16.3. The number of rotatable bonds is 12. The third-order valence-electron chi connectivity index (χ3n) is 3.51. The first-order valence-electron chi connectivity index (χ1n) is 7.70. The molecule has 1 N–H and O–H groups in total. The Morgan fingerprint density at radius 1 is 1.05 bits per heavy atom. The van der Waals surface area contributed by atoms with Gasteiger partial charge in [-0.3, -0.25) is 4.79 Å². The van der Waals surface area contributed by atoms with Gasteiger partial charge in [-0.05, 0) is 45.4 Å². The summed E-state index contributed by atoms with van der Waals surface area (Å²) in [4.78, 5) is 21.6. The lowest BCUT2D eigenvalue weighted by Crippen LogP contribution is -2.41. The molecule has 0 saturated carbocycles. The molecular formula is C16H30N2O3. The van der Waals surface area contributed by atoms with Crippen LogP contribution < -0.4 is 10.4 Å². The molecule has 0 aromatic carbocycles. The Hall–Kier alpha value is -1.36. The molecule has 0 unspecified atom stereocenters. The molecule has 122 valence electrons. The van der Waals surface area contributed by atoms with Gasteiger partial charge < -0.3 is 19.7 Å². The van der Waals surface area contributed by atoms with Crippen molar-refractivity contribution >= 4 is 11.9 Å². The zero-order valence-corrected chi connectivity index (χ0v) is 13.7. The van der Waals surface area contributed by atoms with E-state index in [-0.39, 0.29) is 12.3 Å². The number of carboxylic acid groups (broad SMARTS) is 1. The molecule has 0 heterocycles. The van der Waals surface area contributed by atoms with Gasteiger partial charge in [0.15, 0.2) is 0 Å². The van der Waals surface area contributed by atoms with Crippen LogP contribution in [-0.2, 0) is 9.59 Å². The maximum atomic E-state index is 11.3. The van der Waals surface area contributed by atoms with E-state index in [1.807, 2.05) is 0 Å². The van der Waals surface area contributed by atoms with E-state index in [9.17, 15) is 14.7 Å². The van der Waals surface area contributed by atoms with Crippen LogP contribution in [0, 0.1) is 0 Å². The number of nitrogens with one attached hydrogen (secondary N) is 1. The molecule has 0 bridgehead atoms. The molecule has 0 fully saturated rings. The van der Waals surface area contributed by atoms with Gasteiger partial charge in [-0.25, -0.2) is 0 Å². The van der Waals surface area contributed by atoms with Gasteiger partial charge in [-0.1, -0.05) is 6.58 Å². The average Bonchev–Trinajstić information content (AvgIpc) is 2.38. The van der Waals surface area contributed by atoms with Gasteiger partial charge in [0.05, 0.1) is 27.2 Å². The SMILES string of the molecule is C=C(C)C(=O)NCCCCC[N+](C)(C)CCCCC(=O)[O-]. The molecule has 5 heteroatoms. The number of hydrogen-bond donors (Lipinski definition) is 1. The smallest absolute Gasteiger partial charge is 0.246 e. The normalized spacial score (nSPS) is 11.2. The summed E-state index contributed by atoms with van der Waals surface area (Å²) in [6.07, 6.45) is 4.92. The predicted octanol–water partition coefficient (Wildman–Crippen LogP) is 0.846. The number of aliphatic carboxylic acids is 1. The summed E-state index contributed by atoms with van der Waals surface area (Å²) >= 11 is 0. The second-order valence-corrected chi connectivity index (χ2v) is 6.31. The van der Waals surface area contributed by atoms with Crippen molar-refractivity contribution in [3.05, 3.63) is 12.2 Å². The molecule has 0 atom stereocenters. The molecular weight excluding hydrogens is 268 g/mol. The maximum Gasteiger partial charge on any atom is 0.246 e. The average molecular weight is 298 g/mol. The van der Waals surface area contributed by atoms with E-state index in [0.717, 1.165) is 43.3 Å². The fourth-order valence-electron chi connectivity index (χ4n) is 2.12. The molecule has 0 radical (unpaired) electrons. The van der Waals surface area contributed by atoms with Gasteiger partial charge in [-0.15, -0.1) is 0 Å². The van der Waals surface area contributed by atoms with Gasteiger partial charge in [0.1, 0.15) is 0 Å². The number of amides is 1. The van der Waals surface area contributed by atoms with E-state index in [4.69, 9.17) is 0 Å². The van der Waals surface area contributed by atoms with Crippen LogP contribution in [0.2, 0.25) is 0 Å². The maximum absolute atomic E-state index is 11.3. The van der Waals surface area contributed by atoms with E-state index in [1.54, 1.807) is 6.92 Å². The molecule has 0 rings (SSSR count). The molecule has 0 spiro atoms. The second-order valence-electron chi connectivity index (χ2n) is 6.31. The molecule has 0 aliphatic heterocycles. The van der Waals surface area contributed by atoms with E-state index in [1.165, 1.54) is 0 Å².